The highest BCUT2D eigenvalue weighted by Gasteiger charge is 2.52. The molecule has 0 spiro atoms. The third-order valence-corrected chi connectivity index (χ3v) is 5.33. The molecule has 0 bridgehead atoms. The number of hydrogen-bond donors (Lipinski definition) is 2. The van der Waals surface area contributed by atoms with E-state index in [2.05, 4.69) is 5.32 Å². The topological polar surface area (TPSA) is 52.6 Å². The number of aliphatic hydroxyl groups is 1. The van der Waals surface area contributed by atoms with Crippen LogP contribution < -0.4 is 10.2 Å². The number of nitrogens with one attached hydrogen (secondary N) is 1. The fourth-order valence-electron chi connectivity index (χ4n) is 2.92. The fraction of sp³-hybridized carbons (Fsp3) is 0.222. The Labute approximate surface area is 173 Å². The lowest BCUT2D eigenvalue weighted by atomic mass is 9.89. The minimum Gasteiger partial charge on any atom is -0.385 e. The lowest BCUT2D eigenvalue weighted by Crippen LogP contribution is -2.49. The van der Waals surface area contributed by atoms with Crippen molar-refractivity contribution >= 4 is 52.1 Å². The van der Waals surface area contributed by atoms with E-state index in [1.54, 1.807) is 24.3 Å². The Hall–Kier alpha value is -1.87. The number of amides is 1. The van der Waals surface area contributed by atoms with E-state index in [0.717, 1.165) is 17.0 Å². The van der Waals surface area contributed by atoms with Gasteiger partial charge < -0.3 is 10.4 Å². The van der Waals surface area contributed by atoms with Crippen molar-refractivity contribution in [1.29, 1.82) is 0 Å². The molecule has 2 aromatic rings. The van der Waals surface area contributed by atoms with Crippen LogP contribution in [0.5, 0.6) is 0 Å². The molecule has 2 atom stereocenters. The number of halogens is 5. The van der Waals surface area contributed by atoms with Gasteiger partial charge >= 0.3 is 6.18 Å². The number of thiocarbonyl (C=S) groups is 1. The van der Waals surface area contributed by atoms with E-state index in [9.17, 15) is 23.1 Å². The smallest absolute Gasteiger partial charge is 0.385 e. The molecule has 0 aromatic heterocycles. The molecule has 0 saturated carbocycles. The highest BCUT2D eigenvalue weighted by molar-refractivity contribution is 7.80. The van der Waals surface area contributed by atoms with Crippen molar-refractivity contribution in [2.24, 2.45) is 0 Å². The van der Waals surface area contributed by atoms with Gasteiger partial charge in [-0.15, -0.1) is 0 Å². The summed E-state index contributed by atoms with van der Waals surface area (Å²) in [5, 5.41) is 13.3. The van der Waals surface area contributed by atoms with Gasteiger partial charge in [-0.2, -0.15) is 13.2 Å². The van der Waals surface area contributed by atoms with Crippen LogP contribution in [0.25, 0.3) is 0 Å². The van der Waals surface area contributed by atoms with Gasteiger partial charge in [0.05, 0.1) is 16.3 Å². The van der Waals surface area contributed by atoms with Crippen LogP contribution in [-0.2, 0) is 11.0 Å². The summed E-state index contributed by atoms with van der Waals surface area (Å²) in [5.41, 5.74) is -2.38. The first kappa shape index (κ1) is 20.9. The average Bonchev–Trinajstić information content (AvgIpc) is 2.85. The number of carbonyl (C=O) groups is 1. The van der Waals surface area contributed by atoms with E-state index in [4.69, 9.17) is 35.4 Å². The lowest BCUT2D eigenvalue weighted by Gasteiger charge is -2.28. The molecule has 3 rings (SSSR count). The van der Waals surface area contributed by atoms with Crippen molar-refractivity contribution in [3.05, 3.63) is 63.6 Å². The van der Waals surface area contributed by atoms with Crippen molar-refractivity contribution < 1.29 is 23.1 Å². The van der Waals surface area contributed by atoms with Gasteiger partial charge in [0.1, 0.15) is 11.6 Å². The fourth-order valence-corrected chi connectivity index (χ4v) is 3.67. The molecule has 1 aliphatic rings. The molecular formula is C18H13Cl2F3N2O2S. The van der Waals surface area contributed by atoms with E-state index in [-0.39, 0.29) is 10.8 Å². The van der Waals surface area contributed by atoms with Crippen molar-refractivity contribution in [1.82, 2.24) is 5.32 Å². The Balaban J connectivity index is 1.99. The summed E-state index contributed by atoms with van der Waals surface area (Å²) in [5.74, 6) is -0.699. The zero-order valence-corrected chi connectivity index (χ0v) is 16.5. The maximum absolute atomic E-state index is 13.2. The van der Waals surface area contributed by atoms with Gasteiger partial charge in [-0.05, 0) is 55.0 Å². The summed E-state index contributed by atoms with van der Waals surface area (Å²) < 4.78 is 39.5. The van der Waals surface area contributed by atoms with Crippen LogP contribution >= 0.6 is 35.4 Å². The van der Waals surface area contributed by atoms with Crippen molar-refractivity contribution in [2.75, 3.05) is 4.90 Å². The van der Waals surface area contributed by atoms with Gasteiger partial charge in [0.15, 0.2) is 5.11 Å². The van der Waals surface area contributed by atoms with Crippen LogP contribution in [0.2, 0.25) is 10.0 Å². The summed E-state index contributed by atoms with van der Waals surface area (Å²) in [6.07, 6.45) is -6.02. The second-order valence-corrected chi connectivity index (χ2v) is 7.62. The van der Waals surface area contributed by atoms with Crippen LogP contribution in [0.4, 0.5) is 18.9 Å². The zero-order valence-electron chi connectivity index (χ0n) is 14.2. The molecule has 2 N–H and O–H groups in total. The van der Waals surface area contributed by atoms with E-state index in [1.807, 2.05) is 0 Å². The Kier molecular flexibility index (Phi) is 5.35. The Morgan fingerprint density at radius 2 is 1.79 bits per heavy atom. The molecule has 1 amide bonds. The number of alkyl halides is 3. The third-order valence-electron chi connectivity index (χ3n) is 4.46. The number of carbonyl (C=O) groups excluding carboxylic acids is 1. The summed E-state index contributed by atoms with van der Waals surface area (Å²) >= 11 is 16.6. The summed E-state index contributed by atoms with van der Waals surface area (Å²) in [6.45, 7) is 1.42. The average molecular weight is 449 g/mol. The minimum atomic E-state index is -4.70. The number of anilines is 1. The maximum atomic E-state index is 13.2. The molecule has 0 aliphatic carbocycles. The molecule has 148 valence electrons. The molecule has 4 nitrogen and oxygen atoms in total. The predicted octanol–water partition coefficient (Wildman–Crippen LogP) is 4.73. The predicted molar refractivity (Wildman–Crippen MR) is 104 cm³/mol. The Bertz CT molecular complexity index is 953. The maximum Gasteiger partial charge on any atom is 0.417 e. The van der Waals surface area contributed by atoms with Gasteiger partial charge in [0.2, 0.25) is 0 Å². The molecule has 10 heteroatoms. The van der Waals surface area contributed by atoms with Crippen LogP contribution in [0.15, 0.2) is 42.5 Å². The minimum absolute atomic E-state index is 0.105. The molecule has 1 fully saturated rings. The molecule has 2 aromatic carbocycles. The van der Waals surface area contributed by atoms with Crippen molar-refractivity contribution in [3.8, 4) is 0 Å². The van der Waals surface area contributed by atoms with Crippen LogP contribution in [0, 0.1) is 0 Å². The first-order valence-corrected chi connectivity index (χ1v) is 9.08. The van der Waals surface area contributed by atoms with E-state index >= 15 is 0 Å². The van der Waals surface area contributed by atoms with Gasteiger partial charge in [-0.25, -0.2) is 0 Å². The molecule has 0 radical (unpaired) electrons. The van der Waals surface area contributed by atoms with Gasteiger partial charge in [-0.3, -0.25) is 9.69 Å². The lowest BCUT2D eigenvalue weighted by molar-refractivity contribution is -0.137. The summed E-state index contributed by atoms with van der Waals surface area (Å²) in [6, 6.07) is 9.23. The van der Waals surface area contributed by atoms with E-state index in [1.165, 1.54) is 13.0 Å². The number of aliphatic hydroxyl groups excluding tert-OH is 1. The first-order chi connectivity index (χ1) is 12.9. The molecule has 1 heterocycles. The number of rotatable bonds is 3. The number of nitrogens with zero attached hydrogens (tertiary/aromatic N) is 1. The molecule has 1 aliphatic heterocycles. The second kappa shape index (κ2) is 7.18. The van der Waals surface area contributed by atoms with Crippen LogP contribution in [-0.4, -0.2) is 21.7 Å². The van der Waals surface area contributed by atoms with E-state index in [0.29, 0.717) is 10.6 Å². The first-order valence-electron chi connectivity index (χ1n) is 7.92. The highest BCUT2D eigenvalue weighted by Crippen LogP contribution is 2.39. The monoisotopic (exact) mass is 448 g/mol. The van der Waals surface area contributed by atoms with E-state index < -0.39 is 34.3 Å². The Morgan fingerprint density at radius 1 is 1.18 bits per heavy atom. The summed E-state index contributed by atoms with van der Waals surface area (Å²) in [4.78, 5) is 14.0. The number of hydrogen-bond acceptors (Lipinski definition) is 3. The Morgan fingerprint density at radius 3 is 2.36 bits per heavy atom. The second-order valence-electron chi connectivity index (χ2n) is 6.39. The largest absolute Gasteiger partial charge is 0.417 e. The molecular weight excluding hydrogens is 436 g/mol. The zero-order chi connectivity index (χ0) is 20.9. The van der Waals surface area contributed by atoms with Gasteiger partial charge in [-0.1, -0.05) is 35.3 Å². The van der Waals surface area contributed by atoms with Crippen molar-refractivity contribution in [2.45, 2.75) is 24.7 Å². The molecule has 0 unspecified atom stereocenters. The summed E-state index contributed by atoms with van der Waals surface area (Å²) in [7, 11) is 0. The normalized spacial score (nSPS) is 21.0. The number of benzene rings is 2. The SMILES string of the molecule is C[C@]1([C@@H](O)c2ccc(Cl)cc2)NC(=S)N(c2ccc(Cl)c(C(F)(F)F)c2)C1=O. The van der Waals surface area contributed by atoms with Gasteiger partial charge in [0, 0.05) is 5.02 Å². The van der Waals surface area contributed by atoms with Crippen LogP contribution in [0.3, 0.4) is 0 Å². The molecule has 1 saturated heterocycles. The standard InChI is InChI=1S/C18H13Cl2F3N2O2S/c1-17(14(26)9-2-4-10(19)5-3-9)15(27)25(16(28)24-17)11-6-7-13(20)12(8-11)18(21,22)23/h2-8,14,26H,1H3,(H,24,28)/t14-,17+/m0/s1. The van der Waals surface area contributed by atoms with Crippen LogP contribution in [0.1, 0.15) is 24.2 Å². The highest BCUT2D eigenvalue weighted by atomic mass is 35.5. The van der Waals surface area contributed by atoms with Gasteiger partial charge in [0.25, 0.3) is 5.91 Å². The van der Waals surface area contributed by atoms with Crippen molar-refractivity contribution in [3.63, 3.8) is 0 Å². The third kappa shape index (κ3) is 3.57. The quantitative estimate of drug-likeness (QED) is 0.666. The molecule has 28 heavy (non-hydrogen) atoms.